The molecule has 0 bridgehead atoms. The van der Waals surface area contributed by atoms with Crippen LogP contribution in [0.15, 0.2) is 42.5 Å². The molecule has 2 aromatic rings. The van der Waals surface area contributed by atoms with E-state index in [4.69, 9.17) is 21.6 Å². The van der Waals surface area contributed by atoms with E-state index in [2.05, 4.69) is 6.07 Å². The van der Waals surface area contributed by atoms with Gasteiger partial charge in [-0.3, -0.25) is 4.79 Å². The summed E-state index contributed by atoms with van der Waals surface area (Å²) in [5.41, 5.74) is 1.86. The van der Waals surface area contributed by atoms with Crippen LogP contribution in [0.3, 0.4) is 0 Å². The molecule has 0 N–H and O–H groups in total. The predicted octanol–water partition coefficient (Wildman–Crippen LogP) is 3.99. The molecule has 2 rings (SSSR count). The topological polar surface area (TPSA) is 50.1 Å². The highest BCUT2D eigenvalue weighted by Gasteiger charge is 2.07. The van der Waals surface area contributed by atoms with Gasteiger partial charge in [-0.1, -0.05) is 29.8 Å². The first kappa shape index (κ1) is 14.1. The van der Waals surface area contributed by atoms with Gasteiger partial charge in [0.15, 0.2) is 5.78 Å². The van der Waals surface area contributed by atoms with Gasteiger partial charge in [-0.05, 0) is 31.2 Å². The lowest BCUT2D eigenvalue weighted by Crippen LogP contribution is -1.99. The number of ketones is 1. The van der Waals surface area contributed by atoms with Gasteiger partial charge < -0.3 is 4.74 Å². The average Bonchev–Trinajstić information content (AvgIpc) is 2.45. The average molecular weight is 286 g/mol. The molecule has 0 aliphatic heterocycles. The van der Waals surface area contributed by atoms with Gasteiger partial charge in [0.05, 0.1) is 16.7 Å². The normalized spacial score (nSPS) is 9.85. The zero-order valence-electron chi connectivity index (χ0n) is 10.9. The Kier molecular flexibility index (Phi) is 4.39. The highest BCUT2D eigenvalue weighted by molar-refractivity contribution is 6.34. The highest BCUT2D eigenvalue weighted by Crippen LogP contribution is 2.24. The Hall–Kier alpha value is -2.31. The fraction of sp³-hybridized carbons (Fsp3) is 0.125. The molecule has 0 spiro atoms. The van der Waals surface area contributed by atoms with Crippen molar-refractivity contribution in [3.05, 3.63) is 64.2 Å². The van der Waals surface area contributed by atoms with Crippen LogP contribution >= 0.6 is 11.6 Å². The predicted molar refractivity (Wildman–Crippen MR) is 76.9 cm³/mol. The van der Waals surface area contributed by atoms with E-state index in [9.17, 15) is 4.79 Å². The number of nitriles is 1. The van der Waals surface area contributed by atoms with Gasteiger partial charge in [0.1, 0.15) is 12.4 Å². The minimum atomic E-state index is -0.0867. The number of hydrogen-bond acceptors (Lipinski definition) is 3. The first-order valence-corrected chi connectivity index (χ1v) is 6.41. The maximum atomic E-state index is 11.3. The van der Waals surface area contributed by atoms with E-state index in [1.807, 2.05) is 12.1 Å². The number of hydrogen-bond donors (Lipinski definition) is 0. The Balaban J connectivity index is 2.14. The summed E-state index contributed by atoms with van der Waals surface area (Å²) >= 11 is 6.01. The highest BCUT2D eigenvalue weighted by atomic mass is 35.5. The molecule has 0 saturated carbocycles. The van der Waals surface area contributed by atoms with Crippen LogP contribution in [0.2, 0.25) is 5.02 Å². The zero-order valence-corrected chi connectivity index (χ0v) is 11.6. The van der Waals surface area contributed by atoms with Crippen LogP contribution in [-0.4, -0.2) is 5.78 Å². The number of Topliss-reactive ketones (excluding diaryl/α,β-unsaturated/α-hetero) is 1. The van der Waals surface area contributed by atoms with Gasteiger partial charge in [0.25, 0.3) is 0 Å². The Labute approximate surface area is 122 Å². The van der Waals surface area contributed by atoms with Gasteiger partial charge in [-0.15, -0.1) is 0 Å². The van der Waals surface area contributed by atoms with Gasteiger partial charge in [0.2, 0.25) is 0 Å². The standard InChI is InChI=1S/C16H12ClNO2/c1-11(19)15-7-6-14(8-16(15)17)20-10-13-5-3-2-4-12(13)9-18/h2-8H,10H2,1H3. The van der Waals surface area contributed by atoms with Crippen molar-refractivity contribution in [3.8, 4) is 11.8 Å². The van der Waals surface area contributed by atoms with Crippen LogP contribution < -0.4 is 4.74 Å². The molecule has 0 aromatic heterocycles. The first-order valence-electron chi connectivity index (χ1n) is 6.03. The molecule has 0 atom stereocenters. The van der Waals surface area contributed by atoms with E-state index in [0.717, 1.165) is 5.56 Å². The van der Waals surface area contributed by atoms with Crippen molar-refractivity contribution in [1.29, 1.82) is 5.26 Å². The van der Waals surface area contributed by atoms with Crippen molar-refractivity contribution in [1.82, 2.24) is 0 Å². The summed E-state index contributed by atoms with van der Waals surface area (Å²) in [7, 11) is 0. The van der Waals surface area contributed by atoms with Crippen molar-refractivity contribution in [2.45, 2.75) is 13.5 Å². The van der Waals surface area contributed by atoms with Crippen LogP contribution in [0.1, 0.15) is 28.4 Å². The number of halogens is 1. The van der Waals surface area contributed by atoms with Gasteiger partial charge in [0, 0.05) is 11.1 Å². The van der Waals surface area contributed by atoms with E-state index in [1.54, 1.807) is 30.3 Å². The summed E-state index contributed by atoms with van der Waals surface area (Å²) in [4.78, 5) is 11.3. The fourth-order valence-corrected chi connectivity index (χ4v) is 2.09. The van der Waals surface area contributed by atoms with Crippen molar-refractivity contribution in [2.24, 2.45) is 0 Å². The van der Waals surface area contributed by atoms with Crippen LogP contribution in [0.4, 0.5) is 0 Å². The van der Waals surface area contributed by atoms with Gasteiger partial charge in [-0.25, -0.2) is 0 Å². The van der Waals surface area contributed by atoms with Crippen molar-refractivity contribution in [2.75, 3.05) is 0 Å². The Bertz CT molecular complexity index is 689. The van der Waals surface area contributed by atoms with Crippen LogP contribution in [0, 0.1) is 11.3 Å². The molecule has 100 valence electrons. The lowest BCUT2D eigenvalue weighted by atomic mass is 10.1. The summed E-state index contributed by atoms with van der Waals surface area (Å²) < 4.78 is 5.60. The lowest BCUT2D eigenvalue weighted by molar-refractivity contribution is 0.101. The van der Waals surface area contributed by atoms with E-state index >= 15 is 0 Å². The van der Waals surface area contributed by atoms with Gasteiger partial charge in [-0.2, -0.15) is 5.26 Å². The maximum absolute atomic E-state index is 11.3. The summed E-state index contributed by atoms with van der Waals surface area (Å²) in [5.74, 6) is 0.476. The van der Waals surface area contributed by atoms with E-state index < -0.39 is 0 Å². The molecule has 4 heteroatoms. The summed E-state index contributed by atoms with van der Waals surface area (Å²) in [6.45, 7) is 1.74. The molecular weight excluding hydrogens is 274 g/mol. The molecule has 0 unspecified atom stereocenters. The number of rotatable bonds is 4. The molecule has 0 heterocycles. The number of carbonyl (C=O) groups excluding carboxylic acids is 1. The fourth-order valence-electron chi connectivity index (χ4n) is 1.79. The van der Waals surface area contributed by atoms with E-state index in [0.29, 0.717) is 21.9 Å². The van der Waals surface area contributed by atoms with Crippen LogP contribution in [0.5, 0.6) is 5.75 Å². The zero-order chi connectivity index (χ0) is 14.5. The van der Waals surface area contributed by atoms with Crippen LogP contribution in [0.25, 0.3) is 0 Å². The lowest BCUT2D eigenvalue weighted by Gasteiger charge is -2.09. The van der Waals surface area contributed by atoms with Crippen molar-refractivity contribution in [3.63, 3.8) is 0 Å². The molecule has 3 nitrogen and oxygen atoms in total. The second-order valence-electron chi connectivity index (χ2n) is 4.26. The van der Waals surface area contributed by atoms with E-state index in [-0.39, 0.29) is 12.4 Å². The molecule has 0 aliphatic rings. The third-order valence-electron chi connectivity index (χ3n) is 2.85. The van der Waals surface area contributed by atoms with Gasteiger partial charge >= 0.3 is 0 Å². The monoisotopic (exact) mass is 285 g/mol. The smallest absolute Gasteiger partial charge is 0.161 e. The molecular formula is C16H12ClNO2. The Morgan fingerprint density at radius 1 is 1.30 bits per heavy atom. The SMILES string of the molecule is CC(=O)c1ccc(OCc2ccccc2C#N)cc1Cl. The molecule has 2 aromatic carbocycles. The summed E-state index contributed by atoms with van der Waals surface area (Å²) in [6.07, 6.45) is 0. The Morgan fingerprint density at radius 3 is 2.70 bits per heavy atom. The molecule has 20 heavy (non-hydrogen) atoms. The Morgan fingerprint density at radius 2 is 2.05 bits per heavy atom. The number of ether oxygens (including phenoxy) is 1. The number of benzene rings is 2. The molecule has 0 aliphatic carbocycles. The summed E-state index contributed by atoms with van der Waals surface area (Å²) in [6, 6.07) is 14.3. The largest absolute Gasteiger partial charge is 0.489 e. The first-order chi connectivity index (χ1) is 9.61. The maximum Gasteiger partial charge on any atom is 0.161 e. The molecule has 0 amide bonds. The minimum absolute atomic E-state index is 0.0867. The number of carbonyl (C=O) groups is 1. The quantitative estimate of drug-likeness (QED) is 0.798. The van der Waals surface area contributed by atoms with Crippen molar-refractivity contribution < 1.29 is 9.53 Å². The van der Waals surface area contributed by atoms with E-state index in [1.165, 1.54) is 6.92 Å². The molecule has 0 saturated heterocycles. The summed E-state index contributed by atoms with van der Waals surface area (Å²) in [5, 5.41) is 9.36. The van der Waals surface area contributed by atoms with Crippen molar-refractivity contribution >= 4 is 17.4 Å². The minimum Gasteiger partial charge on any atom is -0.489 e. The third kappa shape index (κ3) is 3.17. The third-order valence-corrected chi connectivity index (χ3v) is 3.16. The van der Waals surface area contributed by atoms with Crippen LogP contribution in [-0.2, 0) is 6.61 Å². The molecule has 0 fully saturated rings. The molecule has 0 radical (unpaired) electrons. The second-order valence-corrected chi connectivity index (χ2v) is 4.66. The number of nitrogens with zero attached hydrogens (tertiary/aromatic N) is 1. The second kappa shape index (κ2) is 6.23.